The zero-order valence-corrected chi connectivity index (χ0v) is 11.8. The van der Waals surface area contributed by atoms with Gasteiger partial charge in [0.1, 0.15) is 12.6 Å². The van der Waals surface area contributed by atoms with Gasteiger partial charge in [0, 0.05) is 13.0 Å². The molecule has 2 amide bonds. The van der Waals surface area contributed by atoms with Crippen LogP contribution in [0.1, 0.15) is 33.6 Å². The number of hydrogen-bond donors (Lipinski definition) is 0. The lowest BCUT2D eigenvalue weighted by Crippen LogP contribution is -2.58. The fraction of sp³-hybridized carbons (Fsp3) is 0.833. The topological polar surface area (TPSA) is 55.8 Å². The molecule has 0 spiro atoms. The third-order valence-corrected chi connectivity index (χ3v) is 3.04. The molecule has 1 fully saturated rings. The molecule has 2 unspecified atom stereocenters. The van der Waals surface area contributed by atoms with Gasteiger partial charge < -0.3 is 4.74 Å². The first-order valence-corrected chi connectivity index (χ1v) is 6.11. The van der Waals surface area contributed by atoms with Crippen LogP contribution in [0.3, 0.4) is 0 Å². The molecule has 0 aliphatic carbocycles. The van der Waals surface area contributed by atoms with Crippen LogP contribution in [0, 0.1) is 0 Å². The number of ether oxygens (including phenoxy) is 1. The summed E-state index contributed by atoms with van der Waals surface area (Å²) in [5.41, 5.74) is -0.540. The monoisotopic (exact) mass is 259 g/mol. The van der Waals surface area contributed by atoms with E-state index in [-0.39, 0.29) is 10.8 Å². The van der Waals surface area contributed by atoms with Crippen LogP contribution < -0.4 is 0 Å². The number of nitrogens with zero attached hydrogens (tertiary/aromatic N) is 2. The van der Waals surface area contributed by atoms with Crippen LogP contribution in [0.15, 0.2) is 0 Å². The fourth-order valence-corrected chi connectivity index (χ4v) is 2.05. The van der Waals surface area contributed by atoms with Crippen molar-refractivity contribution in [3.63, 3.8) is 0 Å². The zero-order valence-electron chi connectivity index (χ0n) is 11.8. The molecule has 0 aromatic rings. The summed E-state index contributed by atoms with van der Waals surface area (Å²) in [5, 5.41) is 0. The number of rotatable bonds is 3. The van der Waals surface area contributed by atoms with Crippen molar-refractivity contribution in [2.24, 2.45) is 0 Å². The minimum absolute atomic E-state index is 0.265. The van der Waals surface area contributed by atoms with E-state index in [1.807, 2.05) is 20.8 Å². The molecule has 0 bridgehead atoms. The summed E-state index contributed by atoms with van der Waals surface area (Å²) in [4.78, 5) is 30.0. The van der Waals surface area contributed by atoms with E-state index < -0.39 is 11.7 Å². The van der Waals surface area contributed by atoms with Gasteiger partial charge in [-0.2, -0.15) is 4.84 Å². The smallest absolute Gasteiger partial charge is 0.414 e. The standard InChI is InChI=1S/C12H23N2O4/c1-12(2,3)18-11(16)13-8-6-7-10(13)14(4,9-15)17-5/h9-10H,6-8H2,1-5H3/q+1. The molecule has 0 aromatic heterocycles. The molecular weight excluding hydrogens is 236 g/mol. The number of hydrogen-bond acceptors (Lipinski definition) is 4. The third-order valence-electron chi connectivity index (χ3n) is 3.04. The van der Waals surface area contributed by atoms with Gasteiger partial charge in [-0.1, -0.05) is 0 Å². The average molecular weight is 259 g/mol. The molecule has 104 valence electrons. The van der Waals surface area contributed by atoms with Crippen LogP contribution in [0.5, 0.6) is 0 Å². The van der Waals surface area contributed by atoms with E-state index in [4.69, 9.17) is 9.57 Å². The Balaban J connectivity index is 2.82. The number of carbonyl (C=O) groups is 2. The summed E-state index contributed by atoms with van der Waals surface area (Å²) in [6.45, 7) is 6.05. The Morgan fingerprint density at radius 1 is 1.44 bits per heavy atom. The lowest BCUT2D eigenvalue weighted by Gasteiger charge is -2.35. The van der Waals surface area contributed by atoms with E-state index in [2.05, 4.69) is 0 Å². The molecule has 0 saturated carbocycles. The number of quaternary nitrogens is 1. The Bertz CT molecular complexity index is 327. The third kappa shape index (κ3) is 3.20. The van der Waals surface area contributed by atoms with E-state index in [1.54, 1.807) is 11.9 Å². The molecule has 1 heterocycles. The Morgan fingerprint density at radius 3 is 2.50 bits per heavy atom. The van der Waals surface area contributed by atoms with Gasteiger partial charge >= 0.3 is 12.5 Å². The van der Waals surface area contributed by atoms with Gasteiger partial charge in [0.15, 0.2) is 0 Å². The maximum Gasteiger partial charge on any atom is 0.414 e. The number of carbonyl (C=O) groups excluding carboxylic acids is 2. The molecule has 0 N–H and O–H groups in total. The molecule has 1 aliphatic heterocycles. The summed E-state index contributed by atoms with van der Waals surface area (Å²) < 4.78 is 5.08. The summed E-state index contributed by atoms with van der Waals surface area (Å²) in [6.07, 6.45) is 1.56. The first-order valence-electron chi connectivity index (χ1n) is 6.11. The van der Waals surface area contributed by atoms with Gasteiger partial charge in [-0.3, -0.25) is 4.90 Å². The second-order valence-corrected chi connectivity index (χ2v) is 5.64. The summed E-state index contributed by atoms with van der Waals surface area (Å²) in [7, 11) is 3.10. The predicted octanol–water partition coefficient (Wildman–Crippen LogP) is 1.51. The van der Waals surface area contributed by atoms with Crippen molar-refractivity contribution in [3.05, 3.63) is 0 Å². The lowest BCUT2D eigenvalue weighted by molar-refractivity contribution is -1.04. The molecule has 1 aliphatic rings. The molecule has 0 aromatic carbocycles. The van der Waals surface area contributed by atoms with Crippen molar-refractivity contribution in [1.82, 2.24) is 4.90 Å². The van der Waals surface area contributed by atoms with Crippen LogP contribution in [0.25, 0.3) is 0 Å². The van der Waals surface area contributed by atoms with Gasteiger partial charge in [0.25, 0.3) is 0 Å². The lowest BCUT2D eigenvalue weighted by atomic mass is 10.2. The summed E-state index contributed by atoms with van der Waals surface area (Å²) in [5.74, 6) is 0. The molecule has 6 heteroatoms. The van der Waals surface area contributed by atoms with Crippen molar-refractivity contribution in [2.75, 3.05) is 20.7 Å². The molecule has 1 rings (SSSR count). The number of amides is 2. The summed E-state index contributed by atoms with van der Waals surface area (Å²) in [6, 6.07) is 0. The second-order valence-electron chi connectivity index (χ2n) is 5.64. The van der Waals surface area contributed by atoms with Crippen molar-refractivity contribution in [2.45, 2.75) is 45.4 Å². The highest BCUT2D eigenvalue weighted by Crippen LogP contribution is 2.26. The van der Waals surface area contributed by atoms with E-state index in [0.717, 1.165) is 12.8 Å². The van der Waals surface area contributed by atoms with E-state index >= 15 is 0 Å². The van der Waals surface area contributed by atoms with Gasteiger partial charge in [-0.25, -0.2) is 9.59 Å². The first kappa shape index (κ1) is 14.9. The Hall–Kier alpha value is -1.14. The van der Waals surface area contributed by atoms with Crippen LogP contribution in [0.2, 0.25) is 0 Å². The molecule has 2 atom stereocenters. The normalized spacial score (nSPS) is 23.6. The van der Waals surface area contributed by atoms with Crippen LogP contribution in [-0.2, 0) is 14.4 Å². The van der Waals surface area contributed by atoms with Crippen molar-refractivity contribution in [3.8, 4) is 0 Å². The predicted molar refractivity (Wildman–Crippen MR) is 65.2 cm³/mol. The minimum Gasteiger partial charge on any atom is -0.444 e. The number of likely N-dealkylation sites (tertiary alicyclic amines) is 1. The molecule has 0 radical (unpaired) electrons. The maximum absolute atomic E-state index is 12.1. The van der Waals surface area contributed by atoms with Gasteiger partial charge in [0.2, 0.25) is 6.17 Å². The highest BCUT2D eigenvalue weighted by molar-refractivity contribution is 5.68. The quantitative estimate of drug-likeness (QED) is 0.438. The van der Waals surface area contributed by atoms with Crippen LogP contribution in [-0.4, -0.2) is 54.5 Å². The van der Waals surface area contributed by atoms with Crippen LogP contribution in [0.4, 0.5) is 4.79 Å². The Morgan fingerprint density at radius 2 is 2.06 bits per heavy atom. The van der Waals surface area contributed by atoms with E-state index in [9.17, 15) is 9.59 Å². The zero-order chi connectivity index (χ0) is 14.0. The number of hydroxylamine groups is 3. The van der Waals surface area contributed by atoms with E-state index in [1.165, 1.54) is 7.11 Å². The highest BCUT2D eigenvalue weighted by Gasteiger charge is 2.45. The SMILES string of the molecule is CO[N+](C)(C=O)C1CCCN1C(=O)OC(C)(C)C. The highest BCUT2D eigenvalue weighted by atomic mass is 16.7. The molecule has 1 saturated heterocycles. The van der Waals surface area contributed by atoms with Crippen molar-refractivity contribution < 1.29 is 23.8 Å². The van der Waals surface area contributed by atoms with Crippen molar-refractivity contribution in [1.29, 1.82) is 0 Å². The minimum atomic E-state index is -0.540. The molecule has 6 nitrogen and oxygen atoms in total. The largest absolute Gasteiger partial charge is 0.444 e. The summed E-state index contributed by atoms with van der Waals surface area (Å²) >= 11 is 0. The Kier molecular flexibility index (Phi) is 4.34. The maximum atomic E-state index is 12.1. The van der Waals surface area contributed by atoms with Crippen LogP contribution >= 0.6 is 0 Å². The second kappa shape index (κ2) is 5.24. The van der Waals surface area contributed by atoms with E-state index in [0.29, 0.717) is 13.0 Å². The Labute approximate surface area is 108 Å². The van der Waals surface area contributed by atoms with Gasteiger partial charge in [-0.05, 0) is 27.2 Å². The van der Waals surface area contributed by atoms with Gasteiger partial charge in [0.05, 0.1) is 7.11 Å². The van der Waals surface area contributed by atoms with Gasteiger partial charge in [-0.15, -0.1) is 4.65 Å². The first-order chi connectivity index (χ1) is 8.23. The fourth-order valence-electron chi connectivity index (χ4n) is 2.05. The average Bonchev–Trinajstić information content (AvgIpc) is 2.75. The molecule has 18 heavy (non-hydrogen) atoms. The van der Waals surface area contributed by atoms with Crippen molar-refractivity contribution >= 4 is 12.5 Å². The molecular formula is C12H23N2O4+.